The molecule has 0 radical (unpaired) electrons. The molecule has 4 fully saturated rings. The van der Waals surface area contributed by atoms with E-state index in [1.165, 1.54) is 37.0 Å². The molecule has 0 N–H and O–H groups in total. The average Bonchev–Trinajstić information content (AvgIpc) is 3.16. The van der Waals surface area contributed by atoms with E-state index in [2.05, 4.69) is 20.8 Å². The largest absolute Gasteiger partial charge is 0.464 e. The molecule has 0 aromatic rings. The Morgan fingerprint density at radius 1 is 0.917 bits per heavy atom. The van der Waals surface area contributed by atoms with Crippen LogP contribution in [-0.4, -0.2) is 48.5 Å². The molecule has 36 heavy (non-hydrogen) atoms. The Labute approximate surface area is 218 Å². The fourth-order valence-corrected chi connectivity index (χ4v) is 9.01. The van der Waals surface area contributed by atoms with Crippen LogP contribution in [0.3, 0.4) is 0 Å². The first-order valence-electron chi connectivity index (χ1n) is 14.4. The molecule has 0 unspecified atom stereocenters. The number of amides is 1. The van der Waals surface area contributed by atoms with Gasteiger partial charge in [-0.05, 0) is 106 Å². The molecule has 204 valence electrons. The molecular weight excluding hydrogens is 454 g/mol. The normalized spacial score (nSPS) is 41.6. The van der Waals surface area contributed by atoms with E-state index in [9.17, 15) is 14.4 Å². The van der Waals surface area contributed by atoms with E-state index in [0.717, 1.165) is 37.5 Å². The summed E-state index contributed by atoms with van der Waals surface area (Å²) in [4.78, 5) is 38.5. The molecule has 0 saturated heterocycles. The summed E-state index contributed by atoms with van der Waals surface area (Å²) >= 11 is 0. The molecule has 4 aliphatic rings. The number of ether oxygens (including phenoxy) is 2. The van der Waals surface area contributed by atoms with Gasteiger partial charge in [0.2, 0.25) is 0 Å². The number of likely N-dealkylation sites (N-methyl/N-ethyl adjacent to an activating group) is 1. The first kappa shape index (κ1) is 27.4. The van der Waals surface area contributed by atoms with Crippen LogP contribution in [-0.2, 0) is 19.1 Å². The van der Waals surface area contributed by atoms with Gasteiger partial charge in [-0.1, -0.05) is 27.7 Å². The molecular formula is C30H49NO5. The summed E-state index contributed by atoms with van der Waals surface area (Å²) in [5.41, 5.74) is 0.0393. The average molecular weight is 504 g/mol. The van der Waals surface area contributed by atoms with Crippen molar-refractivity contribution < 1.29 is 23.9 Å². The van der Waals surface area contributed by atoms with Gasteiger partial charge in [0.05, 0.1) is 12.5 Å². The van der Waals surface area contributed by atoms with Crippen molar-refractivity contribution in [2.75, 3.05) is 20.2 Å². The fraction of sp³-hybridized carbons (Fsp3) is 0.900. The second-order valence-corrected chi connectivity index (χ2v) is 13.7. The number of Topliss-reactive ketones (excluding diaryl/α,β-unsaturated/α-hetero) is 1. The lowest BCUT2D eigenvalue weighted by Gasteiger charge is -2.62. The van der Waals surface area contributed by atoms with Crippen LogP contribution in [0.25, 0.3) is 0 Å². The van der Waals surface area contributed by atoms with Crippen LogP contribution in [0.1, 0.15) is 99.3 Å². The van der Waals surface area contributed by atoms with Crippen molar-refractivity contribution in [2.24, 2.45) is 46.3 Å². The lowest BCUT2D eigenvalue weighted by Crippen LogP contribution is -2.56. The minimum atomic E-state index is -0.451. The third-order valence-electron chi connectivity index (χ3n) is 11.2. The molecule has 1 amide bonds. The first-order valence-corrected chi connectivity index (χ1v) is 14.4. The monoisotopic (exact) mass is 503 g/mol. The quantitative estimate of drug-likeness (QED) is 0.400. The highest BCUT2D eigenvalue weighted by Gasteiger charge is 2.61. The van der Waals surface area contributed by atoms with Crippen molar-refractivity contribution in [1.29, 1.82) is 0 Å². The van der Waals surface area contributed by atoms with E-state index in [4.69, 9.17) is 9.47 Å². The summed E-state index contributed by atoms with van der Waals surface area (Å²) in [7, 11) is 1.71. The first-order chi connectivity index (χ1) is 16.8. The number of hydrogen-bond acceptors (Lipinski definition) is 5. The van der Waals surface area contributed by atoms with E-state index < -0.39 is 5.60 Å². The van der Waals surface area contributed by atoms with Crippen LogP contribution in [0.5, 0.6) is 0 Å². The number of ketones is 1. The van der Waals surface area contributed by atoms with Gasteiger partial charge in [-0.15, -0.1) is 0 Å². The highest BCUT2D eigenvalue weighted by atomic mass is 16.6. The van der Waals surface area contributed by atoms with Gasteiger partial charge in [0.25, 0.3) is 0 Å². The van der Waals surface area contributed by atoms with Gasteiger partial charge in [-0.2, -0.15) is 0 Å². The summed E-state index contributed by atoms with van der Waals surface area (Å²) < 4.78 is 11.3. The van der Waals surface area contributed by atoms with E-state index in [-0.39, 0.29) is 35.9 Å². The molecule has 8 atom stereocenters. The van der Waals surface area contributed by atoms with E-state index in [1.54, 1.807) is 20.9 Å². The molecule has 4 aliphatic carbocycles. The number of nitrogens with zero attached hydrogens (tertiary/aromatic N) is 1. The fourth-order valence-electron chi connectivity index (χ4n) is 9.01. The molecule has 0 bridgehead atoms. The predicted molar refractivity (Wildman–Crippen MR) is 139 cm³/mol. The maximum atomic E-state index is 12.9. The minimum Gasteiger partial charge on any atom is -0.464 e. The summed E-state index contributed by atoms with van der Waals surface area (Å²) in [5, 5.41) is 0. The Kier molecular flexibility index (Phi) is 7.58. The van der Waals surface area contributed by atoms with Crippen molar-refractivity contribution in [2.45, 2.75) is 105 Å². The number of carbonyl (C=O) groups excluding carboxylic acids is 3. The number of hydrogen-bond donors (Lipinski definition) is 0. The molecule has 0 spiro atoms. The molecule has 0 heterocycles. The van der Waals surface area contributed by atoms with Crippen LogP contribution in [0.2, 0.25) is 0 Å². The zero-order valence-electron chi connectivity index (χ0n) is 23.7. The Morgan fingerprint density at radius 2 is 1.61 bits per heavy atom. The molecule has 0 aromatic heterocycles. The molecule has 6 nitrogen and oxygen atoms in total. The summed E-state index contributed by atoms with van der Waals surface area (Å²) in [6, 6.07) is 0. The lowest BCUT2D eigenvalue weighted by atomic mass is 9.44. The van der Waals surface area contributed by atoms with Crippen molar-refractivity contribution in [3.05, 3.63) is 0 Å². The standard InChI is InChI=1S/C30H49NO5/c1-19(2)26(33)35-17-16-31(7)27(34)36-28(4)14-15-29(5)21(18-28)8-9-22-24-11-10-23(20(3)32)30(24,6)13-12-25(22)29/h19,21-25H,8-18H2,1-7H3/t21-,22+,23+,24-,25-,28-,29-,30+/m0/s1. The highest BCUT2D eigenvalue weighted by Crippen LogP contribution is 2.68. The van der Waals surface area contributed by atoms with Gasteiger partial charge in [0.15, 0.2) is 0 Å². The summed E-state index contributed by atoms with van der Waals surface area (Å²) in [6.45, 7) is 13.0. The number of carbonyl (C=O) groups is 3. The summed E-state index contributed by atoms with van der Waals surface area (Å²) in [6.07, 6.45) is 9.75. The van der Waals surface area contributed by atoms with Gasteiger partial charge in [-0.25, -0.2) is 4.79 Å². The topological polar surface area (TPSA) is 72.9 Å². The van der Waals surface area contributed by atoms with Crippen LogP contribution in [0.15, 0.2) is 0 Å². The predicted octanol–water partition coefficient (Wildman–Crippen LogP) is 6.26. The van der Waals surface area contributed by atoms with Gasteiger partial charge in [-0.3, -0.25) is 9.59 Å². The smallest absolute Gasteiger partial charge is 0.410 e. The van der Waals surface area contributed by atoms with Crippen molar-refractivity contribution in [3.63, 3.8) is 0 Å². The number of fused-ring (bicyclic) bond motifs is 5. The van der Waals surface area contributed by atoms with Gasteiger partial charge in [0.1, 0.15) is 18.0 Å². The van der Waals surface area contributed by atoms with Gasteiger partial charge < -0.3 is 14.4 Å². The van der Waals surface area contributed by atoms with Gasteiger partial charge >= 0.3 is 12.1 Å². The third-order valence-corrected chi connectivity index (χ3v) is 11.2. The Balaban J connectivity index is 1.36. The zero-order chi connectivity index (χ0) is 26.5. The number of rotatable bonds is 6. The van der Waals surface area contributed by atoms with Crippen molar-refractivity contribution in [1.82, 2.24) is 4.90 Å². The molecule has 4 rings (SSSR count). The second-order valence-electron chi connectivity index (χ2n) is 13.7. The van der Waals surface area contributed by atoms with Crippen molar-refractivity contribution >= 4 is 17.8 Å². The SMILES string of the molecule is CC(=O)[C@H]1CC[C@H]2[C@H]3CC[C@H]4C[C@@](C)(OC(=O)N(C)CCOC(=O)C(C)C)CC[C@]4(C)[C@H]3CC[C@]12C. The van der Waals surface area contributed by atoms with Crippen LogP contribution < -0.4 is 0 Å². The lowest BCUT2D eigenvalue weighted by molar-refractivity contribution is -0.152. The third kappa shape index (κ3) is 4.82. The van der Waals surface area contributed by atoms with Crippen LogP contribution in [0.4, 0.5) is 4.79 Å². The van der Waals surface area contributed by atoms with Crippen LogP contribution in [0, 0.1) is 46.3 Å². The zero-order valence-corrected chi connectivity index (χ0v) is 23.7. The molecule has 0 aliphatic heterocycles. The molecule has 0 aromatic carbocycles. The van der Waals surface area contributed by atoms with E-state index in [1.807, 2.05) is 6.92 Å². The van der Waals surface area contributed by atoms with E-state index >= 15 is 0 Å². The minimum absolute atomic E-state index is 0.171. The maximum Gasteiger partial charge on any atom is 0.410 e. The van der Waals surface area contributed by atoms with E-state index in [0.29, 0.717) is 29.6 Å². The Morgan fingerprint density at radius 3 is 2.28 bits per heavy atom. The second kappa shape index (κ2) is 9.94. The summed E-state index contributed by atoms with van der Waals surface area (Å²) in [5.74, 6) is 2.95. The van der Waals surface area contributed by atoms with Crippen molar-refractivity contribution in [3.8, 4) is 0 Å². The van der Waals surface area contributed by atoms with Gasteiger partial charge in [0, 0.05) is 13.0 Å². The molecule has 6 heteroatoms. The Bertz CT molecular complexity index is 871. The van der Waals surface area contributed by atoms with Crippen LogP contribution >= 0.6 is 0 Å². The highest BCUT2D eigenvalue weighted by molar-refractivity contribution is 5.79. The Hall–Kier alpha value is -1.59. The maximum absolute atomic E-state index is 12.9. The molecule has 4 saturated carbocycles. The number of esters is 1.